The van der Waals surface area contributed by atoms with Crippen LogP contribution in [0.1, 0.15) is 99.3 Å². The Morgan fingerprint density at radius 1 is 0.370 bits per heavy atom. The predicted octanol–water partition coefficient (Wildman–Crippen LogP) is 13.2. The van der Waals surface area contributed by atoms with Gasteiger partial charge in [-0.05, 0) is 182 Å². The molecule has 0 saturated carbocycles. The molecule has 0 amide bonds. The standard InChI is InChI=1S/C63H48Cl3N3O12/c1-31-52(46-28-43(79-4)19-22-49(46)67(31)58(70)34-7-13-40(64)14-8-34)55(61(73)74)37-25-38(56(62(75)76)53-32(2)68(50-23-20-44(80-5)29-47(50)53)59(71)35-9-15-41(65)16-10-35)27-39(26-37)57(63(77)78)54-33(3)69(51-24-21-45(81-6)30-48(51)54)60(72)36-11-17-42(66)18-12-36/h7-30,55-57H,1-6H3,(H,73,74)(H,75,76)(H,77,78). The van der Waals surface area contributed by atoms with Crippen LogP contribution in [0.3, 0.4) is 0 Å². The number of ether oxygens (including phenoxy) is 3. The van der Waals surface area contributed by atoms with Gasteiger partial charge in [-0.25, -0.2) is 0 Å². The number of rotatable bonds is 15. The molecule has 10 rings (SSSR count). The molecule has 3 N–H and O–H groups in total. The zero-order chi connectivity index (χ0) is 57.9. The van der Waals surface area contributed by atoms with E-state index in [0.717, 1.165) is 0 Å². The van der Waals surface area contributed by atoms with E-state index < -0.39 is 53.4 Å². The number of hydrogen-bond donors (Lipinski definition) is 3. The highest BCUT2D eigenvalue weighted by atomic mass is 35.5. The van der Waals surface area contributed by atoms with E-state index >= 15 is 0 Å². The van der Waals surface area contributed by atoms with E-state index in [0.29, 0.717) is 48.9 Å². The molecule has 7 aromatic carbocycles. The van der Waals surface area contributed by atoms with Crippen molar-refractivity contribution in [2.24, 2.45) is 0 Å². The molecule has 18 heteroatoms. The lowest BCUT2D eigenvalue weighted by Crippen LogP contribution is -2.21. The SMILES string of the molecule is COc1ccc2c(c1)c(C(C(=O)O)c1cc(C(C(=O)O)c3c(C)n(C(=O)c4ccc(Cl)cc4)c4ccc(OC)cc34)cc(C(C(=O)O)c3c(C)n(C(=O)c4ccc(Cl)cc4)c4ccc(OC)cc34)c1)c(C)n2C(=O)c1ccc(Cl)cc1. The van der Waals surface area contributed by atoms with Crippen LogP contribution in [-0.2, 0) is 14.4 Å². The zero-order valence-corrected chi connectivity index (χ0v) is 46.3. The van der Waals surface area contributed by atoms with Crippen LogP contribution in [0.2, 0.25) is 15.1 Å². The lowest BCUT2D eigenvalue weighted by atomic mass is 9.79. The molecule has 15 nitrogen and oxygen atoms in total. The highest BCUT2D eigenvalue weighted by molar-refractivity contribution is 6.31. The summed E-state index contributed by atoms with van der Waals surface area (Å²) >= 11 is 18.7. The van der Waals surface area contributed by atoms with Gasteiger partial charge < -0.3 is 29.5 Å². The Balaban J connectivity index is 1.30. The maximum atomic E-state index is 14.6. The third kappa shape index (κ3) is 9.72. The first-order valence-corrected chi connectivity index (χ1v) is 26.2. The number of fused-ring (bicyclic) bond motifs is 3. The molecule has 0 saturated heterocycles. The third-order valence-electron chi connectivity index (χ3n) is 14.9. The van der Waals surface area contributed by atoms with Crippen LogP contribution in [0.4, 0.5) is 0 Å². The topological polar surface area (TPSA) is 206 Å². The Kier molecular flexibility index (Phi) is 14.9. The highest BCUT2D eigenvalue weighted by Gasteiger charge is 2.38. The second kappa shape index (κ2) is 21.8. The first-order valence-electron chi connectivity index (χ1n) is 25.1. The lowest BCUT2D eigenvalue weighted by molar-refractivity contribution is -0.138. The Hall–Kier alpha value is -9.15. The predicted molar refractivity (Wildman–Crippen MR) is 308 cm³/mol. The maximum absolute atomic E-state index is 14.6. The molecular weight excluding hydrogens is 1100 g/mol. The molecule has 0 radical (unpaired) electrons. The van der Waals surface area contributed by atoms with Crippen LogP contribution >= 0.6 is 34.8 Å². The van der Waals surface area contributed by atoms with Gasteiger partial charge in [-0.15, -0.1) is 0 Å². The van der Waals surface area contributed by atoms with E-state index in [1.807, 2.05) is 0 Å². The average molecular weight is 1150 g/mol. The van der Waals surface area contributed by atoms with Crippen LogP contribution < -0.4 is 14.2 Å². The van der Waals surface area contributed by atoms with Gasteiger partial charge >= 0.3 is 17.9 Å². The van der Waals surface area contributed by atoms with Gasteiger partial charge in [-0.3, -0.25) is 42.5 Å². The Labute approximate surface area is 477 Å². The minimum absolute atomic E-state index is 0.0798. The van der Waals surface area contributed by atoms with Crippen molar-refractivity contribution in [1.82, 2.24) is 13.7 Å². The summed E-state index contributed by atoms with van der Waals surface area (Å²) in [6, 6.07) is 37.3. The number of carboxylic acids is 3. The number of aliphatic carboxylic acids is 3. The van der Waals surface area contributed by atoms with E-state index in [2.05, 4.69) is 0 Å². The summed E-state index contributed by atoms with van der Waals surface area (Å²) < 4.78 is 21.1. The second-order valence-electron chi connectivity index (χ2n) is 19.3. The molecule has 408 valence electrons. The largest absolute Gasteiger partial charge is 0.497 e. The number of nitrogens with zero attached hydrogens (tertiary/aromatic N) is 3. The molecule has 0 aliphatic rings. The smallest absolute Gasteiger partial charge is 0.315 e. The summed E-state index contributed by atoms with van der Waals surface area (Å²) in [7, 11) is 4.30. The first kappa shape index (κ1) is 55.2. The van der Waals surface area contributed by atoms with E-state index in [-0.39, 0.29) is 83.3 Å². The third-order valence-corrected chi connectivity index (χ3v) is 15.6. The van der Waals surface area contributed by atoms with Gasteiger partial charge in [0.15, 0.2) is 0 Å². The number of aromatic nitrogens is 3. The van der Waals surface area contributed by atoms with Gasteiger partial charge in [0, 0.05) is 65.0 Å². The van der Waals surface area contributed by atoms with Gasteiger partial charge in [0.05, 0.1) is 37.9 Å². The molecule has 0 aliphatic heterocycles. The van der Waals surface area contributed by atoms with Crippen molar-refractivity contribution in [3.63, 3.8) is 0 Å². The van der Waals surface area contributed by atoms with Crippen molar-refractivity contribution < 1.29 is 58.3 Å². The lowest BCUT2D eigenvalue weighted by Gasteiger charge is -2.23. The molecule has 3 aromatic heterocycles. The number of hydrogen-bond acceptors (Lipinski definition) is 9. The molecule has 3 heterocycles. The zero-order valence-electron chi connectivity index (χ0n) is 44.1. The number of carboxylic acid groups (broad SMARTS) is 3. The molecule has 3 unspecified atom stereocenters. The summed E-state index contributed by atoms with van der Waals surface area (Å²) in [6.07, 6.45) is 0. The van der Waals surface area contributed by atoms with Gasteiger partial charge in [0.2, 0.25) is 0 Å². The van der Waals surface area contributed by atoms with Gasteiger partial charge in [-0.2, -0.15) is 0 Å². The van der Waals surface area contributed by atoms with Crippen LogP contribution in [0.5, 0.6) is 17.2 Å². The molecule has 0 fully saturated rings. The van der Waals surface area contributed by atoms with Gasteiger partial charge in [-0.1, -0.05) is 53.0 Å². The molecule has 0 spiro atoms. The van der Waals surface area contributed by atoms with Crippen molar-refractivity contribution in [1.29, 1.82) is 0 Å². The molecule has 3 atom stereocenters. The van der Waals surface area contributed by atoms with Crippen molar-refractivity contribution in [3.05, 3.63) is 228 Å². The summed E-state index contributed by atoms with van der Waals surface area (Å²) in [5.74, 6) is -10.2. The molecule has 0 bridgehead atoms. The normalized spacial score (nSPS) is 12.6. The highest BCUT2D eigenvalue weighted by Crippen LogP contribution is 2.46. The van der Waals surface area contributed by atoms with Crippen LogP contribution in [0.15, 0.2) is 146 Å². The van der Waals surface area contributed by atoms with Crippen LogP contribution in [0.25, 0.3) is 32.7 Å². The summed E-state index contributed by atoms with van der Waals surface area (Å²) in [6.45, 7) is 4.76. The summed E-state index contributed by atoms with van der Waals surface area (Å²) in [5.41, 5.74) is 2.29. The maximum Gasteiger partial charge on any atom is 0.315 e. The van der Waals surface area contributed by atoms with E-state index in [9.17, 15) is 44.1 Å². The summed E-state index contributed by atoms with van der Waals surface area (Å²) in [4.78, 5) is 87.4. The number of halogens is 3. The quantitative estimate of drug-likeness (QED) is 0.0877. The molecular formula is C63H48Cl3N3O12. The summed E-state index contributed by atoms with van der Waals surface area (Å²) in [5, 5.41) is 37.3. The fourth-order valence-electron chi connectivity index (χ4n) is 11.2. The van der Waals surface area contributed by atoms with Gasteiger partial charge in [0.1, 0.15) is 35.0 Å². The van der Waals surface area contributed by atoms with Crippen LogP contribution in [0, 0.1) is 20.8 Å². The molecule has 10 aromatic rings. The second-order valence-corrected chi connectivity index (χ2v) is 20.6. The van der Waals surface area contributed by atoms with Crippen LogP contribution in [-0.4, -0.2) is 86.0 Å². The van der Waals surface area contributed by atoms with Crippen molar-refractivity contribution in [2.75, 3.05) is 21.3 Å². The van der Waals surface area contributed by atoms with E-state index in [1.54, 1.807) is 112 Å². The van der Waals surface area contributed by atoms with Crippen molar-refractivity contribution >= 4 is 103 Å². The minimum atomic E-state index is -1.75. The number of benzene rings is 7. The van der Waals surface area contributed by atoms with E-state index in [1.165, 1.54) is 89.6 Å². The number of methoxy groups -OCH3 is 3. The Morgan fingerprint density at radius 2 is 0.605 bits per heavy atom. The van der Waals surface area contributed by atoms with E-state index in [4.69, 9.17) is 49.0 Å². The fourth-order valence-corrected chi connectivity index (χ4v) is 11.6. The van der Waals surface area contributed by atoms with Crippen molar-refractivity contribution in [2.45, 2.75) is 38.5 Å². The molecule has 0 aliphatic carbocycles. The Morgan fingerprint density at radius 3 is 0.815 bits per heavy atom. The minimum Gasteiger partial charge on any atom is -0.497 e. The average Bonchev–Trinajstić information content (AvgIpc) is 4.17. The number of carbonyl (C=O) groups excluding carboxylic acids is 3. The van der Waals surface area contributed by atoms with Crippen molar-refractivity contribution in [3.8, 4) is 17.2 Å². The Bertz CT molecular complexity index is 3810. The number of carbonyl (C=O) groups is 6. The monoisotopic (exact) mass is 1140 g/mol. The molecule has 81 heavy (non-hydrogen) atoms. The fraction of sp³-hybridized carbons (Fsp3) is 0.143. The van der Waals surface area contributed by atoms with Gasteiger partial charge in [0.25, 0.3) is 17.7 Å². The first-order chi connectivity index (χ1) is 38.8.